The molecule has 0 bridgehead atoms. The fourth-order valence-electron chi connectivity index (χ4n) is 4.13. The van der Waals surface area contributed by atoms with E-state index in [0.717, 1.165) is 22.9 Å². The zero-order valence-electron chi connectivity index (χ0n) is 17.9. The van der Waals surface area contributed by atoms with Gasteiger partial charge in [-0.2, -0.15) is 0 Å². The molecular weight excluding hydrogens is 422 g/mol. The summed E-state index contributed by atoms with van der Waals surface area (Å²) >= 11 is 0. The summed E-state index contributed by atoms with van der Waals surface area (Å²) in [6.45, 7) is 1.05. The fraction of sp³-hybridized carbons (Fsp3) is 0.240. The maximum absolute atomic E-state index is 13.3. The van der Waals surface area contributed by atoms with E-state index in [2.05, 4.69) is 16.0 Å². The van der Waals surface area contributed by atoms with Gasteiger partial charge in [0.15, 0.2) is 11.3 Å². The molecule has 4 heterocycles. The van der Waals surface area contributed by atoms with E-state index in [-0.39, 0.29) is 30.4 Å². The number of H-pyrrole nitrogens is 1. The molecule has 2 N–H and O–H groups in total. The molecule has 0 fully saturated rings. The van der Waals surface area contributed by atoms with Gasteiger partial charge < -0.3 is 24.5 Å². The summed E-state index contributed by atoms with van der Waals surface area (Å²) in [5, 5.41) is 9.84. The molecule has 0 saturated carbocycles. The first kappa shape index (κ1) is 21.0. The summed E-state index contributed by atoms with van der Waals surface area (Å²) in [7, 11) is 0. The Hall–Kier alpha value is -3.91. The van der Waals surface area contributed by atoms with Gasteiger partial charge in [-0.1, -0.05) is 24.3 Å². The number of fused-ring (bicyclic) bond motifs is 2. The number of ketones is 1. The number of carbonyl (C=O) groups excluding carboxylic acids is 2. The minimum Gasteiger partial charge on any atom is -0.462 e. The van der Waals surface area contributed by atoms with Crippen molar-refractivity contribution in [1.29, 1.82) is 0 Å². The molecule has 0 saturated heterocycles. The number of hydrogen-bond acceptors (Lipinski definition) is 7. The van der Waals surface area contributed by atoms with Gasteiger partial charge in [0.2, 0.25) is 11.7 Å². The van der Waals surface area contributed by atoms with Crippen LogP contribution in [-0.4, -0.2) is 51.5 Å². The monoisotopic (exact) mass is 445 g/mol. The number of aliphatic hydroxyl groups excluding tert-OH is 1. The number of Topliss-reactive ketones (excluding diaryl/α,β-unsaturated/α-hetero) is 1. The number of allylic oxidation sites excluding steroid dienone is 1. The van der Waals surface area contributed by atoms with Gasteiger partial charge in [-0.05, 0) is 35.8 Å². The molecule has 2 aliphatic heterocycles. The predicted octanol–water partition coefficient (Wildman–Crippen LogP) is 2.70. The third kappa shape index (κ3) is 4.01. The van der Waals surface area contributed by atoms with Crippen LogP contribution in [0.25, 0.3) is 17.1 Å². The lowest BCUT2D eigenvalue weighted by Crippen LogP contribution is -2.31. The molecule has 8 nitrogen and oxygen atoms in total. The summed E-state index contributed by atoms with van der Waals surface area (Å²) < 4.78 is 11.3. The molecule has 2 aromatic heterocycles. The summed E-state index contributed by atoms with van der Waals surface area (Å²) in [4.78, 5) is 35.4. The highest BCUT2D eigenvalue weighted by Gasteiger charge is 2.40. The highest BCUT2D eigenvalue weighted by atomic mass is 16.5. The molecule has 0 unspecified atom stereocenters. The number of esters is 1. The number of benzene rings is 1. The lowest BCUT2D eigenvalue weighted by Gasteiger charge is -2.30. The molecule has 0 radical (unpaired) electrons. The number of aromatic nitrogens is 2. The predicted molar refractivity (Wildman–Crippen MR) is 120 cm³/mol. The second-order valence-electron chi connectivity index (χ2n) is 7.92. The van der Waals surface area contributed by atoms with Crippen LogP contribution in [0.1, 0.15) is 23.1 Å². The largest absolute Gasteiger partial charge is 0.462 e. The SMILES string of the molecule is O=C(OCCCO)C1=C(N2CCc3ccccc3C2)OC(=Cc2c[nH]c3ncccc23)C1=O. The number of carbonyl (C=O) groups is 2. The minimum atomic E-state index is -0.744. The first-order chi connectivity index (χ1) is 16.2. The van der Waals surface area contributed by atoms with Crippen LogP contribution in [0.2, 0.25) is 0 Å². The van der Waals surface area contributed by atoms with Crippen molar-refractivity contribution >= 4 is 28.9 Å². The zero-order chi connectivity index (χ0) is 22.8. The van der Waals surface area contributed by atoms with Crippen molar-refractivity contribution in [2.45, 2.75) is 19.4 Å². The Bertz CT molecular complexity index is 1290. The van der Waals surface area contributed by atoms with Crippen molar-refractivity contribution in [1.82, 2.24) is 14.9 Å². The molecule has 0 amide bonds. The van der Waals surface area contributed by atoms with Crippen LogP contribution in [0.5, 0.6) is 0 Å². The molecule has 33 heavy (non-hydrogen) atoms. The van der Waals surface area contributed by atoms with E-state index in [1.54, 1.807) is 18.5 Å². The van der Waals surface area contributed by atoms with Gasteiger partial charge in [0, 0.05) is 49.5 Å². The Kier molecular flexibility index (Phi) is 5.66. The molecule has 0 spiro atoms. The van der Waals surface area contributed by atoms with Crippen molar-refractivity contribution in [3.05, 3.63) is 82.7 Å². The second-order valence-corrected chi connectivity index (χ2v) is 7.92. The van der Waals surface area contributed by atoms with Crippen LogP contribution in [0.4, 0.5) is 0 Å². The maximum Gasteiger partial charge on any atom is 0.347 e. The van der Waals surface area contributed by atoms with Gasteiger partial charge in [0.25, 0.3) is 0 Å². The number of nitrogens with zero attached hydrogens (tertiary/aromatic N) is 2. The maximum atomic E-state index is 13.3. The molecule has 8 heteroatoms. The standard InChI is InChI=1S/C25H23N3O5/c29-11-4-12-32-25(31)21-22(30)20(13-18-14-27-23-19(18)7-3-9-26-23)33-24(21)28-10-8-16-5-1-2-6-17(16)15-28/h1-3,5-7,9,13-14,29H,4,8,10-12,15H2,(H,26,27). The summed E-state index contributed by atoms with van der Waals surface area (Å²) in [6, 6.07) is 11.8. The number of aromatic amines is 1. The van der Waals surface area contributed by atoms with Gasteiger partial charge in [0.05, 0.1) is 6.61 Å². The summed E-state index contributed by atoms with van der Waals surface area (Å²) in [5.41, 5.74) is 3.68. The van der Waals surface area contributed by atoms with Crippen LogP contribution < -0.4 is 0 Å². The molecular formula is C25H23N3O5. The number of nitrogens with one attached hydrogen (secondary N) is 1. The summed E-state index contributed by atoms with van der Waals surface area (Å²) in [6.07, 6.45) is 6.12. The second kappa shape index (κ2) is 8.91. The quantitative estimate of drug-likeness (QED) is 0.260. The molecule has 5 rings (SSSR count). The first-order valence-electron chi connectivity index (χ1n) is 10.9. The van der Waals surface area contributed by atoms with Crippen molar-refractivity contribution in [2.75, 3.05) is 19.8 Å². The number of hydrogen-bond donors (Lipinski definition) is 2. The van der Waals surface area contributed by atoms with E-state index in [4.69, 9.17) is 14.6 Å². The molecule has 2 aliphatic rings. The normalized spacial score (nSPS) is 16.9. The lowest BCUT2D eigenvalue weighted by atomic mass is 10.00. The Labute approximate surface area is 190 Å². The third-order valence-corrected chi connectivity index (χ3v) is 5.80. The average molecular weight is 445 g/mol. The van der Waals surface area contributed by atoms with Gasteiger partial charge >= 0.3 is 5.97 Å². The Balaban J connectivity index is 1.49. The van der Waals surface area contributed by atoms with E-state index >= 15 is 0 Å². The van der Waals surface area contributed by atoms with E-state index < -0.39 is 11.8 Å². The third-order valence-electron chi connectivity index (χ3n) is 5.80. The molecule has 3 aromatic rings. The van der Waals surface area contributed by atoms with Crippen LogP contribution in [0, 0.1) is 0 Å². The first-order valence-corrected chi connectivity index (χ1v) is 10.9. The van der Waals surface area contributed by atoms with Crippen molar-refractivity contribution < 1.29 is 24.2 Å². The highest BCUT2D eigenvalue weighted by molar-refractivity contribution is 6.26. The van der Waals surface area contributed by atoms with Crippen molar-refractivity contribution in [2.24, 2.45) is 0 Å². The van der Waals surface area contributed by atoms with Gasteiger partial charge in [-0.3, -0.25) is 4.79 Å². The smallest absolute Gasteiger partial charge is 0.347 e. The van der Waals surface area contributed by atoms with E-state index in [1.165, 1.54) is 5.56 Å². The Morgan fingerprint density at radius 3 is 2.94 bits per heavy atom. The van der Waals surface area contributed by atoms with Crippen LogP contribution in [-0.2, 0) is 32.0 Å². The van der Waals surface area contributed by atoms with E-state index in [9.17, 15) is 9.59 Å². The minimum absolute atomic E-state index is 0.0232. The number of aliphatic hydroxyl groups is 1. The van der Waals surface area contributed by atoms with Crippen LogP contribution in [0.3, 0.4) is 0 Å². The number of rotatable bonds is 6. The average Bonchev–Trinajstić information content (AvgIpc) is 3.40. The van der Waals surface area contributed by atoms with Gasteiger partial charge in [-0.15, -0.1) is 0 Å². The van der Waals surface area contributed by atoms with Gasteiger partial charge in [0.1, 0.15) is 5.65 Å². The van der Waals surface area contributed by atoms with E-state index in [1.807, 2.05) is 35.2 Å². The van der Waals surface area contributed by atoms with Crippen LogP contribution >= 0.6 is 0 Å². The van der Waals surface area contributed by atoms with Crippen molar-refractivity contribution in [3.8, 4) is 0 Å². The number of ether oxygens (including phenoxy) is 2. The van der Waals surface area contributed by atoms with E-state index in [0.29, 0.717) is 25.2 Å². The molecule has 0 atom stereocenters. The fourth-order valence-corrected chi connectivity index (χ4v) is 4.13. The van der Waals surface area contributed by atoms with Gasteiger partial charge in [-0.25, -0.2) is 9.78 Å². The van der Waals surface area contributed by atoms with Crippen molar-refractivity contribution in [3.63, 3.8) is 0 Å². The molecule has 168 valence electrons. The number of pyridine rings is 1. The lowest BCUT2D eigenvalue weighted by molar-refractivity contribution is -0.140. The Morgan fingerprint density at radius 2 is 2.09 bits per heavy atom. The molecule has 1 aromatic carbocycles. The Morgan fingerprint density at radius 1 is 1.24 bits per heavy atom. The summed E-state index contributed by atoms with van der Waals surface area (Å²) in [5.74, 6) is -0.988. The van der Waals surface area contributed by atoms with Crippen LogP contribution in [0.15, 0.2) is 66.0 Å². The molecule has 0 aliphatic carbocycles. The zero-order valence-corrected chi connectivity index (χ0v) is 17.9. The topological polar surface area (TPSA) is 105 Å². The highest BCUT2D eigenvalue weighted by Crippen LogP contribution is 2.33.